The third kappa shape index (κ3) is 2.87. The number of rotatable bonds is 4. The average Bonchev–Trinajstić information content (AvgIpc) is 2.55. The van der Waals surface area contributed by atoms with Crippen molar-refractivity contribution in [3.05, 3.63) is 35.0 Å². The molecule has 1 aliphatic heterocycles. The number of hydrogen-bond donors (Lipinski definition) is 0. The minimum absolute atomic E-state index is 0.322. The number of ether oxygens (including phenoxy) is 3. The highest BCUT2D eigenvalue weighted by molar-refractivity contribution is 6.29. The molecule has 0 atom stereocenters. The molecular formula is C15H16ClN3O3. The SMILES string of the molecule is COc1ccc(CN2CCOc3cc(Cl)nnc32)c(OC)c1. The minimum Gasteiger partial charge on any atom is -0.497 e. The van der Waals surface area contributed by atoms with Gasteiger partial charge in [0.2, 0.25) is 0 Å². The molecule has 0 radical (unpaired) electrons. The molecule has 0 amide bonds. The highest BCUT2D eigenvalue weighted by Gasteiger charge is 2.22. The third-order valence-electron chi connectivity index (χ3n) is 3.48. The van der Waals surface area contributed by atoms with Gasteiger partial charge in [-0.1, -0.05) is 11.6 Å². The lowest BCUT2D eigenvalue weighted by Crippen LogP contribution is -2.33. The molecule has 0 saturated heterocycles. The second-order valence-electron chi connectivity index (χ2n) is 4.80. The molecule has 0 N–H and O–H groups in total. The maximum atomic E-state index is 5.86. The van der Waals surface area contributed by atoms with Crippen LogP contribution >= 0.6 is 11.6 Å². The summed E-state index contributed by atoms with van der Waals surface area (Å²) in [6.45, 7) is 1.94. The minimum atomic E-state index is 0.322. The predicted molar refractivity (Wildman–Crippen MR) is 83.1 cm³/mol. The number of methoxy groups -OCH3 is 2. The van der Waals surface area contributed by atoms with Crippen LogP contribution in [0.1, 0.15) is 5.56 Å². The van der Waals surface area contributed by atoms with Gasteiger partial charge in [-0.25, -0.2) is 0 Å². The molecule has 22 heavy (non-hydrogen) atoms. The third-order valence-corrected chi connectivity index (χ3v) is 3.67. The van der Waals surface area contributed by atoms with E-state index in [0.717, 1.165) is 23.6 Å². The van der Waals surface area contributed by atoms with Gasteiger partial charge in [0.25, 0.3) is 0 Å². The summed E-state index contributed by atoms with van der Waals surface area (Å²) in [5.41, 5.74) is 1.04. The molecule has 6 nitrogen and oxygen atoms in total. The Labute approximate surface area is 133 Å². The molecule has 0 fully saturated rings. The second kappa shape index (κ2) is 6.27. The molecule has 0 unspecified atom stereocenters. The van der Waals surface area contributed by atoms with Gasteiger partial charge in [0.1, 0.15) is 18.1 Å². The fraction of sp³-hybridized carbons (Fsp3) is 0.333. The number of halogens is 1. The van der Waals surface area contributed by atoms with Crippen LogP contribution in [0.5, 0.6) is 17.2 Å². The van der Waals surface area contributed by atoms with E-state index in [4.69, 9.17) is 25.8 Å². The van der Waals surface area contributed by atoms with E-state index in [1.54, 1.807) is 20.3 Å². The second-order valence-corrected chi connectivity index (χ2v) is 5.19. The van der Waals surface area contributed by atoms with Crippen molar-refractivity contribution in [1.29, 1.82) is 0 Å². The molecule has 2 heterocycles. The van der Waals surface area contributed by atoms with Gasteiger partial charge in [0, 0.05) is 24.2 Å². The number of nitrogens with zero attached hydrogens (tertiary/aromatic N) is 3. The van der Waals surface area contributed by atoms with Crippen LogP contribution in [0.3, 0.4) is 0 Å². The fourth-order valence-corrected chi connectivity index (χ4v) is 2.52. The highest BCUT2D eigenvalue weighted by Crippen LogP contribution is 2.33. The van der Waals surface area contributed by atoms with Gasteiger partial charge in [-0.2, -0.15) is 0 Å². The summed E-state index contributed by atoms with van der Waals surface area (Å²) in [6, 6.07) is 7.44. The van der Waals surface area contributed by atoms with Gasteiger partial charge in [0.15, 0.2) is 16.7 Å². The van der Waals surface area contributed by atoms with Crippen molar-refractivity contribution in [3.63, 3.8) is 0 Å². The van der Waals surface area contributed by atoms with Gasteiger partial charge in [0.05, 0.1) is 20.8 Å². The quantitative estimate of drug-likeness (QED) is 0.862. The van der Waals surface area contributed by atoms with Gasteiger partial charge in [-0.3, -0.25) is 0 Å². The number of anilines is 1. The summed E-state index contributed by atoms with van der Waals surface area (Å²) >= 11 is 5.86. The predicted octanol–water partition coefficient (Wildman–Crippen LogP) is 2.55. The Hall–Kier alpha value is -2.21. The topological polar surface area (TPSA) is 56.7 Å². The summed E-state index contributed by atoms with van der Waals surface area (Å²) in [5, 5.41) is 8.36. The van der Waals surface area contributed by atoms with E-state index >= 15 is 0 Å². The molecule has 1 aromatic heterocycles. The highest BCUT2D eigenvalue weighted by atomic mass is 35.5. The molecule has 2 aromatic rings. The van der Waals surface area contributed by atoms with E-state index in [2.05, 4.69) is 15.1 Å². The lowest BCUT2D eigenvalue weighted by Gasteiger charge is -2.29. The number of aromatic nitrogens is 2. The summed E-state index contributed by atoms with van der Waals surface area (Å²) in [7, 11) is 3.27. The van der Waals surface area contributed by atoms with Crippen molar-refractivity contribution in [2.24, 2.45) is 0 Å². The van der Waals surface area contributed by atoms with Gasteiger partial charge in [-0.15, -0.1) is 10.2 Å². The maximum Gasteiger partial charge on any atom is 0.194 e. The van der Waals surface area contributed by atoms with Crippen LogP contribution in [0.25, 0.3) is 0 Å². The smallest absolute Gasteiger partial charge is 0.194 e. The van der Waals surface area contributed by atoms with E-state index in [0.29, 0.717) is 29.9 Å². The van der Waals surface area contributed by atoms with E-state index in [9.17, 15) is 0 Å². The van der Waals surface area contributed by atoms with Crippen LogP contribution in [-0.2, 0) is 6.54 Å². The lowest BCUT2D eigenvalue weighted by atomic mass is 10.1. The van der Waals surface area contributed by atoms with Crippen LogP contribution in [0.4, 0.5) is 5.82 Å². The molecule has 116 valence electrons. The summed E-state index contributed by atoms with van der Waals surface area (Å²) in [6.07, 6.45) is 0. The fourth-order valence-electron chi connectivity index (χ4n) is 2.39. The number of benzene rings is 1. The van der Waals surface area contributed by atoms with Crippen molar-refractivity contribution in [3.8, 4) is 17.2 Å². The van der Waals surface area contributed by atoms with E-state index in [1.807, 2.05) is 18.2 Å². The summed E-state index contributed by atoms with van der Waals surface area (Å²) in [5.74, 6) is 2.87. The van der Waals surface area contributed by atoms with Crippen LogP contribution in [0.2, 0.25) is 5.15 Å². The summed E-state index contributed by atoms with van der Waals surface area (Å²) in [4.78, 5) is 2.09. The Morgan fingerprint density at radius 2 is 2.09 bits per heavy atom. The Balaban J connectivity index is 1.88. The van der Waals surface area contributed by atoms with E-state index in [-0.39, 0.29) is 0 Å². The summed E-state index contributed by atoms with van der Waals surface area (Å²) < 4.78 is 16.2. The lowest BCUT2D eigenvalue weighted by molar-refractivity contribution is 0.302. The normalized spacial score (nSPS) is 13.3. The molecular weight excluding hydrogens is 306 g/mol. The van der Waals surface area contributed by atoms with Crippen molar-refractivity contribution < 1.29 is 14.2 Å². The Bertz CT molecular complexity index is 681. The van der Waals surface area contributed by atoms with Crippen molar-refractivity contribution in [2.45, 2.75) is 6.54 Å². The van der Waals surface area contributed by atoms with Gasteiger partial charge in [-0.05, 0) is 12.1 Å². The van der Waals surface area contributed by atoms with Crippen molar-refractivity contribution in [2.75, 3.05) is 32.3 Å². The van der Waals surface area contributed by atoms with Gasteiger partial charge >= 0.3 is 0 Å². The first kappa shape index (κ1) is 14.7. The number of fused-ring (bicyclic) bond motifs is 1. The Morgan fingerprint density at radius 1 is 1.23 bits per heavy atom. The molecule has 3 rings (SSSR count). The molecule has 1 aromatic carbocycles. The largest absolute Gasteiger partial charge is 0.497 e. The zero-order valence-electron chi connectivity index (χ0n) is 12.4. The number of hydrogen-bond acceptors (Lipinski definition) is 6. The van der Waals surface area contributed by atoms with E-state index in [1.165, 1.54) is 0 Å². The zero-order valence-corrected chi connectivity index (χ0v) is 13.1. The molecule has 7 heteroatoms. The van der Waals surface area contributed by atoms with Crippen LogP contribution < -0.4 is 19.1 Å². The Kier molecular flexibility index (Phi) is 4.20. The van der Waals surface area contributed by atoms with E-state index < -0.39 is 0 Å². The zero-order chi connectivity index (χ0) is 15.5. The average molecular weight is 322 g/mol. The van der Waals surface area contributed by atoms with Crippen LogP contribution in [-0.4, -0.2) is 37.6 Å². The van der Waals surface area contributed by atoms with Crippen LogP contribution in [0.15, 0.2) is 24.3 Å². The molecule has 0 spiro atoms. The molecule has 0 aliphatic carbocycles. The Morgan fingerprint density at radius 3 is 2.86 bits per heavy atom. The molecule has 1 aliphatic rings. The molecule has 0 bridgehead atoms. The van der Waals surface area contributed by atoms with Crippen molar-refractivity contribution >= 4 is 17.4 Å². The van der Waals surface area contributed by atoms with Gasteiger partial charge < -0.3 is 19.1 Å². The standard InChI is InChI=1S/C15H16ClN3O3/c1-20-11-4-3-10(12(7-11)21-2)9-19-5-6-22-13-8-14(16)17-18-15(13)19/h3-4,7-8H,5-6,9H2,1-2H3. The first-order chi connectivity index (χ1) is 10.7. The molecule has 0 saturated carbocycles. The first-order valence-corrected chi connectivity index (χ1v) is 7.21. The first-order valence-electron chi connectivity index (χ1n) is 6.83. The van der Waals surface area contributed by atoms with Crippen LogP contribution in [0, 0.1) is 0 Å². The monoisotopic (exact) mass is 321 g/mol. The van der Waals surface area contributed by atoms with Crippen molar-refractivity contribution in [1.82, 2.24) is 10.2 Å². The maximum absolute atomic E-state index is 5.86.